The molecule has 2 aromatic rings. The lowest BCUT2D eigenvalue weighted by atomic mass is 10.2. The fourth-order valence-electron chi connectivity index (χ4n) is 3.30. The molecule has 1 unspecified atom stereocenters. The van der Waals surface area contributed by atoms with E-state index in [1.807, 2.05) is 48.2 Å². The standard InChI is InChI=1S/C19H23N3O3S/c1-3-22(17-11-12-26(24,25)14-17)16-9-10-18(20-13-16)19(23)21(2)15-7-5-4-6-8-15/h4-10,13,17H,3,11-12,14H2,1-2H3. The maximum Gasteiger partial charge on any atom is 0.276 e. The molecule has 0 N–H and O–H groups in total. The summed E-state index contributed by atoms with van der Waals surface area (Å²) >= 11 is 0. The lowest BCUT2D eigenvalue weighted by Gasteiger charge is -2.29. The predicted octanol–water partition coefficient (Wildman–Crippen LogP) is 2.37. The van der Waals surface area contributed by atoms with Crippen LogP contribution >= 0.6 is 0 Å². The first-order valence-electron chi connectivity index (χ1n) is 8.67. The van der Waals surface area contributed by atoms with E-state index in [1.54, 1.807) is 24.2 Å². The van der Waals surface area contributed by atoms with Crippen LogP contribution in [0.1, 0.15) is 23.8 Å². The van der Waals surface area contributed by atoms with E-state index in [-0.39, 0.29) is 23.5 Å². The van der Waals surface area contributed by atoms with E-state index < -0.39 is 9.84 Å². The molecule has 26 heavy (non-hydrogen) atoms. The Hall–Kier alpha value is -2.41. The summed E-state index contributed by atoms with van der Waals surface area (Å²) in [5.41, 5.74) is 2.00. The monoisotopic (exact) mass is 373 g/mol. The first-order chi connectivity index (χ1) is 12.4. The van der Waals surface area contributed by atoms with Gasteiger partial charge in [-0.2, -0.15) is 0 Å². The molecule has 3 rings (SSSR count). The van der Waals surface area contributed by atoms with Crippen LogP contribution in [-0.4, -0.2) is 50.4 Å². The maximum atomic E-state index is 12.6. The summed E-state index contributed by atoms with van der Waals surface area (Å²) in [5.74, 6) is 0.229. The second kappa shape index (κ2) is 7.45. The number of sulfone groups is 1. The molecular formula is C19H23N3O3S. The third kappa shape index (κ3) is 3.88. The summed E-state index contributed by atoms with van der Waals surface area (Å²) in [6, 6.07) is 12.9. The molecule has 7 heteroatoms. The van der Waals surface area contributed by atoms with Crippen LogP contribution in [0.15, 0.2) is 48.7 Å². The highest BCUT2D eigenvalue weighted by molar-refractivity contribution is 7.91. The highest BCUT2D eigenvalue weighted by Gasteiger charge is 2.32. The minimum absolute atomic E-state index is 0.0275. The third-order valence-electron chi connectivity index (χ3n) is 4.74. The van der Waals surface area contributed by atoms with Crippen molar-refractivity contribution in [1.29, 1.82) is 0 Å². The Balaban J connectivity index is 1.76. The molecule has 1 fully saturated rings. The van der Waals surface area contributed by atoms with Gasteiger partial charge < -0.3 is 9.80 Å². The van der Waals surface area contributed by atoms with Gasteiger partial charge in [-0.3, -0.25) is 4.79 Å². The number of aromatic nitrogens is 1. The smallest absolute Gasteiger partial charge is 0.276 e. The number of hydrogen-bond acceptors (Lipinski definition) is 5. The van der Waals surface area contributed by atoms with Crippen LogP contribution in [0.3, 0.4) is 0 Å². The van der Waals surface area contributed by atoms with Gasteiger partial charge in [0.2, 0.25) is 0 Å². The molecule has 6 nitrogen and oxygen atoms in total. The zero-order chi connectivity index (χ0) is 18.7. The van der Waals surface area contributed by atoms with Gasteiger partial charge in [0, 0.05) is 25.3 Å². The first kappa shape index (κ1) is 18.4. The number of anilines is 2. The summed E-state index contributed by atoms with van der Waals surface area (Å²) in [6.45, 7) is 2.69. The Kier molecular flexibility index (Phi) is 5.27. The van der Waals surface area contributed by atoms with E-state index in [4.69, 9.17) is 0 Å². The number of amides is 1. The van der Waals surface area contributed by atoms with Crippen LogP contribution in [0.5, 0.6) is 0 Å². The van der Waals surface area contributed by atoms with Gasteiger partial charge in [0.15, 0.2) is 9.84 Å². The number of para-hydroxylation sites is 1. The number of pyridine rings is 1. The summed E-state index contributed by atoms with van der Waals surface area (Å²) in [7, 11) is -1.23. The van der Waals surface area contributed by atoms with Gasteiger partial charge in [-0.15, -0.1) is 0 Å². The van der Waals surface area contributed by atoms with Crippen molar-refractivity contribution in [2.75, 3.05) is 34.9 Å². The van der Waals surface area contributed by atoms with Crippen LogP contribution in [0.2, 0.25) is 0 Å². The van der Waals surface area contributed by atoms with Gasteiger partial charge in [0.05, 0.1) is 23.4 Å². The minimum Gasteiger partial charge on any atom is -0.367 e. The first-order valence-corrected chi connectivity index (χ1v) is 10.5. The Bertz CT molecular complexity index is 867. The van der Waals surface area contributed by atoms with Gasteiger partial charge in [0.25, 0.3) is 5.91 Å². The molecular weight excluding hydrogens is 350 g/mol. The van der Waals surface area contributed by atoms with Crippen LogP contribution < -0.4 is 9.80 Å². The molecule has 1 aromatic carbocycles. The highest BCUT2D eigenvalue weighted by atomic mass is 32.2. The van der Waals surface area contributed by atoms with Crippen molar-refractivity contribution < 1.29 is 13.2 Å². The van der Waals surface area contributed by atoms with Crippen LogP contribution in [0.4, 0.5) is 11.4 Å². The Morgan fingerprint density at radius 2 is 1.88 bits per heavy atom. The largest absolute Gasteiger partial charge is 0.367 e. The topological polar surface area (TPSA) is 70.6 Å². The highest BCUT2D eigenvalue weighted by Crippen LogP contribution is 2.24. The SMILES string of the molecule is CCN(c1ccc(C(=O)N(C)c2ccccc2)nc1)C1CCS(=O)(=O)C1. The number of benzene rings is 1. The average molecular weight is 373 g/mol. The number of carbonyl (C=O) groups is 1. The van der Waals surface area contributed by atoms with Crippen LogP contribution in [0.25, 0.3) is 0 Å². The quantitative estimate of drug-likeness (QED) is 0.805. The fourth-order valence-corrected chi connectivity index (χ4v) is 5.03. The zero-order valence-corrected chi connectivity index (χ0v) is 15.8. The number of hydrogen-bond donors (Lipinski definition) is 0. The second-order valence-electron chi connectivity index (χ2n) is 6.44. The normalized spacial score (nSPS) is 18.5. The van der Waals surface area contributed by atoms with Crippen molar-refractivity contribution in [3.63, 3.8) is 0 Å². The molecule has 0 spiro atoms. The molecule has 2 heterocycles. The molecule has 1 aromatic heterocycles. The minimum atomic E-state index is -2.94. The summed E-state index contributed by atoms with van der Waals surface area (Å²) in [4.78, 5) is 20.5. The molecule has 0 saturated carbocycles. The molecule has 1 aliphatic heterocycles. The zero-order valence-electron chi connectivity index (χ0n) is 15.0. The summed E-state index contributed by atoms with van der Waals surface area (Å²) in [6.07, 6.45) is 2.29. The fraction of sp³-hybridized carbons (Fsp3) is 0.368. The lowest BCUT2D eigenvalue weighted by molar-refractivity contribution is 0.0988. The van der Waals surface area contributed by atoms with Crippen molar-refractivity contribution in [3.05, 3.63) is 54.4 Å². The maximum absolute atomic E-state index is 12.6. The van der Waals surface area contributed by atoms with Crippen LogP contribution in [-0.2, 0) is 9.84 Å². The third-order valence-corrected chi connectivity index (χ3v) is 6.49. The van der Waals surface area contributed by atoms with E-state index in [2.05, 4.69) is 4.98 Å². The second-order valence-corrected chi connectivity index (χ2v) is 8.67. The van der Waals surface area contributed by atoms with Crippen molar-refractivity contribution in [2.45, 2.75) is 19.4 Å². The molecule has 1 saturated heterocycles. The van der Waals surface area contributed by atoms with E-state index in [0.29, 0.717) is 18.7 Å². The van der Waals surface area contributed by atoms with Crippen molar-refractivity contribution >= 4 is 27.1 Å². The summed E-state index contributed by atoms with van der Waals surface area (Å²) in [5, 5.41) is 0. The number of carbonyl (C=O) groups excluding carboxylic acids is 1. The average Bonchev–Trinajstić information content (AvgIpc) is 3.02. The Labute approximate surface area is 154 Å². The summed E-state index contributed by atoms with van der Waals surface area (Å²) < 4.78 is 23.5. The van der Waals surface area contributed by atoms with Crippen molar-refractivity contribution in [1.82, 2.24) is 4.98 Å². The molecule has 0 aliphatic carbocycles. The molecule has 0 radical (unpaired) electrons. The molecule has 1 amide bonds. The van der Waals surface area contributed by atoms with Gasteiger partial charge in [-0.25, -0.2) is 13.4 Å². The van der Waals surface area contributed by atoms with Gasteiger partial charge in [-0.05, 0) is 37.6 Å². The van der Waals surface area contributed by atoms with Gasteiger partial charge >= 0.3 is 0 Å². The van der Waals surface area contributed by atoms with E-state index in [0.717, 1.165) is 11.4 Å². The molecule has 1 aliphatic rings. The number of nitrogens with zero attached hydrogens (tertiary/aromatic N) is 3. The molecule has 138 valence electrons. The Morgan fingerprint density at radius 1 is 1.15 bits per heavy atom. The van der Waals surface area contributed by atoms with E-state index >= 15 is 0 Å². The lowest BCUT2D eigenvalue weighted by Crippen LogP contribution is -2.36. The van der Waals surface area contributed by atoms with E-state index in [1.165, 1.54) is 0 Å². The van der Waals surface area contributed by atoms with E-state index in [9.17, 15) is 13.2 Å². The van der Waals surface area contributed by atoms with Crippen LogP contribution in [0, 0.1) is 0 Å². The van der Waals surface area contributed by atoms with Crippen molar-refractivity contribution in [3.8, 4) is 0 Å². The predicted molar refractivity (Wildman–Crippen MR) is 103 cm³/mol. The Morgan fingerprint density at radius 3 is 2.42 bits per heavy atom. The van der Waals surface area contributed by atoms with Crippen molar-refractivity contribution in [2.24, 2.45) is 0 Å². The van der Waals surface area contributed by atoms with Gasteiger partial charge in [0.1, 0.15) is 5.69 Å². The molecule has 1 atom stereocenters. The number of rotatable bonds is 5. The van der Waals surface area contributed by atoms with Gasteiger partial charge in [-0.1, -0.05) is 18.2 Å². The molecule has 0 bridgehead atoms.